The molecule has 0 amide bonds. The van der Waals surface area contributed by atoms with Gasteiger partial charge in [0.05, 0.1) is 6.04 Å². The van der Waals surface area contributed by atoms with Crippen molar-refractivity contribution in [1.29, 1.82) is 0 Å². The zero-order valence-corrected chi connectivity index (χ0v) is 12.0. The molecular formula is C17H17NS. The zero-order chi connectivity index (χ0) is 13.4. The molecule has 2 N–H and O–H groups in total. The van der Waals surface area contributed by atoms with Crippen molar-refractivity contribution in [2.75, 3.05) is 0 Å². The van der Waals surface area contributed by atoms with Crippen LogP contribution in [-0.2, 0) is 0 Å². The molecule has 1 nitrogen and oxygen atoms in total. The van der Waals surface area contributed by atoms with E-state index in [0.717, 1.165) is 0 Å². The zero-order valence-electron chi connectivity index (χ0n) is 11.2. The predicted octanol–water partition coefficient (Wildman–Crippen LogP) is 4.57. The fourth-order valence-corrected chi connectivity index (χ4v) is 3.69. The van der Waals surface area contributed by atoms with Gasteiger partial charge in [-0.2, -0.15) is 0 Å². The molecule has 0 saturated heterocycles. The minimum Gasteiger partial charge on any atom is -0.320 e. The number of thiophene rings is 1. The Labute approximate surface area is 117 Å². The van der Waals surface area contributed by atoms with Crippen LogP contribution in [0.2, 0.25) is 0 Å². The number of nitrogens with two attached hydrogens (primary N) is 1. The molecule has 19 heavy (non-hydrogen) atoms. The molecule has 0 saturated carbocycles. The van der Waals surface area contributed by atoms with Gasteiger partial charge in [-0.05, 0) is 41.8 Å². The molecule has 1 atom stereocenters. The van der Waals surface area contributed by atoms with Gasteiger partial charge in [0.2, 0.25) is 0 Å². The van der Waals surface area contributed by atoms with Gasteiger partial charge in [0.15, 0.2) is 0 Å². The fraction of sp³-hybridized carbons (Fsp3) is 0.176. The van der Waals surface area contributed by atoms with Gasteiger partial charge in [0.1, 0.15) is 0 Å². The summed E-state index contributed by atoms with van der Waals surface area (Å²) in [6.07, 6.45) is 0. The van der Waals surface area contributed by atoms with Crippen LogP contribution in [0.4, 0.5) is 0 Å². The quantitative estimate of drug-likeness (QED) is 0.723. The first-order chi connectivity index (χ1) is 9.16. The summed E-state index contributed by atoms with van der Waals surface area (Å²) < 4.78 is 0. The van der Waals surface area contributed by atoms with Gasteiger partial charge in [0.25, 0.3) is 0 Å². The molecule has 1 unspecified atom stereocenters. The summed E-state index contributed by atoms with van der Waals surface area (Å²) in [5, 5.41) is 2.50. The van der Waals surface area contributed by atoms with Gasteiger partial charge in [-0.25, -0.2) is 0 Å². The van der Waals surface area contributed by atoms with Gasteiger partial charge in [-0.15, -0.1) is 11.3 Å². The molecule has 0 bridgehead atoms. The predicted molar refractivity (Wildman–Crippen MR) is 83.8 cm³/mol. The lowest BCUT2D eigenvalue weighted by Crippen LogP contribution is -2.11. The molecule has 0 radical (unpaired) electrons. The van der Waals surface area contributed by atoms with Gasteiger partial charge >= 0.3 is 0 Å². The molecule has 0 fully saturated rings. The number of hydrogen-bond acceptors (Lipinski definition) is 2. The molecule has 0 aliphatic heterocycles. The first-order valence-electron chi connectivity index (χ1n) is 6.47. The molecule has 3 rings (SSSR count). The molecule has 2 aromatic carbocycles. The van der Waals surface area contributed by atoms with Crippen molar-refractivity contribution in [2.24, 2.45) is 5.73 Å². The Kier molecular flexibility index (Phi) is 3.13. The van der Waals surface area contributed by atoms with E-state index in [9.17, 15) is 0 Å². The maximum Gasteiger partial charge on any atom is 0.0654 e. The molecular weight excluding hydrogens is 250 g/mol. The van der Waals surface area contributed by atoms with Crippen LogP contribution in [0, 0.1) is 13.8 Å². The maximum atomic E-state index is 6.51. The van der Waals surface area contributed by atoms with Crippen molar-refractivity contribution in [3.05, 3.63) is 69.4 Å². The van der Waals surface area contributed by atoms with E-state index < -0.39 is 0 Å². The van der Waals surface area contributed by atoms with Gasteiger partial charge < -0.3 is 5.73 Å². The molecule has 0 aliphatic rings. The average Bonchev–Trinajstić information content (AvgIpc) is 2.76. The van der Waals surface area contributed by atoms with E-state index in [-0.39, 0.29) is 6.04 Å². The molecule has 0 spiro atoms. The average molecular weight is 267 g/mol. The molecule has 1 aromatic heterocycles. The second-order valence-corrected chi connectivity index (χ2v) is 6.24. The summed E-state index contributed by atoms with van der Waals surface area (Å²) in [7, 11) is 0. The van der Waals surface area contributed by atoms with Gasteiger partial charge in [-0.3, -0.25) is 0 Å². The summed E-state index contributed by atoms with van der Waals surface area (Å²) in [5.41, 5.74) is 9.01. The van der Waals surface area contributed by atoms with Crippen molar-refractivity contribution >= 4 is 22.1 Å². The first-order valence-corrected chi connectivity index (χ1v) is 7.28. The summed E-state index contributed by atoms with van der Waals surface area (Å²) in [6.45, 7) is 4.28. The molecule has 1 heterocycles. The van der Waals surface area contributed by atoms with E-state index in [1.165, 1.54) is 31.7 Å². The molecule has 96 valence electrons. The highest BCUT2D eigenvalue weighted by molar-refractivity contribution is 7.12. The van der Waals surface area contributed by atoms with E-state index in [2.05, 4.69) is 62.4 Å². The summed E-state index contributed by atoms with van der Waals surface area (Å²) in [5.74, 6) is 0. The molecule has 2 heteroatoms. The first kappa shape index (κ1) is 12.4. The second-order valence-electron chi connectivity index (χ2n) is 4.95. The third-order valence-electron chi connectivity index (χ3n) is 3.52. The van der Waals surface area contributed by atoms with E-state index in [1.54, 1.807) is 11.3 Å². The third kappa shape index (κ3) is 2.18. The van der Waals surface area contributed by atoms with Crippen LogP contribution in [0.25, 0.3) is 10.8 Å². The lowest BCUT2D eigenvalue weighted by molar-refractivity contribution is 0.895. The van der Waals surface area contributed by atoms with Crippen LogP contribution >= 0.6 is 11.3 Å². The second kappa shape index (κ2) is 4.80. The van der Waals surface area contributed by atoms with E-state index in [0.29, 0.717) is 0 Å². The number of aryl methyl sites for hydroxylation is 2. The van der Waals surface area contributed by atoms with Crippen LogP contribution in [0.1, 0.15) is 26.9 Å². The lowest BCUT2D eigenvalue weighted by Gasteiger charge is -2.14. The molecule has 3 aromatic rings. The number of fused-ring (bicyclic) bond motifs is 1. The van der Waals surface area contributed by atoms with Crippen molar-refractivity contribution in [2.45, 2.75) is 19.9 Å². The Balaban J connectivity index is 2.16. The van der Waals surface area contributed by atoms with Crippen LogP contribution in [0.15, 0.2) is 48.5 Å². The van der Waals surface area contributed by atoms with Crippen molar-refractivity contribution < 1.29 is 0 Å². The van der Waals surface area contributed by atoms with Crippen LogP contribution < -0.4 is 5.73 Å². The number of benzene rings is 2. The van der Waals surface area contributed by atoms with Crippen molar-refractivity contribution in [1.82, 2.24) is 0 Å². The smallest absolute Gasteiger partial charge is 0.0654 e. The minimum atomic E-state index is -0.0372. The monoisotopic (exact) mass is 267 g/mol. The highest BCUT2D eigenvalue weighted by atomic mass is 32.1. The number of hydrogen-bond donors (Lipinski definition) is 1. The SMILES string of the molecule is Cc1cc(C)c(C(N)c2cccc3ccccc23)s1. The summed E-state index contributed by atoms with van der Waals surface area (Å²) in [4.78, 5) is 2.59. The van der Waals surface area contributed by atoms with E-state index >= 15 is 0 Å². The lowest BCUT2D eigenvalue weighted by atomic mass is 9.97. The van der Waals surface area contributed by atoms with E-state index in [4.69, 9.17) is 5.73 Å². The van der Waals surface area contributed by atoms with Crippen LogP contribution in [0.3, 0.4) is 0 Å². The van der Waals surface area contributed by atoms with Gasteiger partial charge in [-0.1, -0.05) is 42.5 Å². The summed E-state index contributed by atoms with van der Waals surface area (Å²) in [6, 6.07) is 17.0. The normalized spacial score (nSPS) is 12.8. The Hall–Kier alpha value is -1.64. The van der Waals surface area contributed by atoms with E-state index in [1.807, 2.05) is 0 Å². The van der Waals surface area contributed by atoms with Crippen molar-refractivity contribution in [3.63, 3.8) is 0 Å². The molecule has 0 aliphatic carbocycles. The Morgan fingerprint density at radius 1 is 1.00 bits per heavy atom. The fourth-order valence-electron chi connectivity index (χ4n) is 2.63. The van der Waals surface area contributed by atoms with Crippen LogP contribution in [0.5, 0.6) is 0 Å². The number of rotatable bonds is 2. The summed E-state index contributed by atoms with van der Waals surface area (Å²) >= 11 is 1.80. The minimum absolute atomic E-state index is 0.0372. The topological polar surface area (TPSA) is 26.0 Å². The standard InChI is InChI=1S/C17H17NS/c1-11-10-12(2)19-17(11)16(18)15-9-5-7-13-6-3-4-8-14(13)15/h3-10,16H,18H2,1-2H3. The van der Waals surface area contributed by atoms with Crippen LogP contribution in [-0.4, -0.2) is 0 Å². The maximum absolute atomic E-state index is 6.51. The highest BCUT2D eigenvalue weighted by Gasteiger charge is 2.16. The Bertz CT molecular complexity index is 722. The van der Waals surface area contributed by atoms with Crippen molar-refractivity contribution in [3.8, 4) is 0 Å². The largest absolute Gasteiger partial charge is 0.320 e. The Morgan fingerprint density at radius 2 is 1.74 bits per heavy atom. The third-order valence-corrected chi connectivity index (χ3v) is 4.76. The highest BCUT2D eigenvalue weighted by Crippen LogP contribution is 2.33. The van der Waals surface area contributed by atoms with Gasteiger partial charge in [0, 0.05) is 9.75 Å². The Morgan fingerprint density at radius 3 is 2.47 bits per heavy atom.